The number of aliphatic imine (C=N–C) groups is 1. The van der Waals surface area contributed by atoms with Gasteiger partial charge in [-0.3, -0.25) is 4.99 Å². The molecule has 0 aromatic carbocycles. The minimum atomic E-state index is 0. The van der Waals surface area contributed by atoms with Gasteiger partial charge in [-0.05, 0) is 76.4 Å². The van der Waals surface area contributed by atoms with Gasteiger partial charge in [0, 0.05) is 19.6 Å². The van der Waals surface area contributed by atoms with Crippen LogP contribution in [-0.2, 0) is 0 Å². The van der Waals surface area contributed by atoms with E-state index in [1.807, 2.05) is 7.05 Å². The molecule has 24 heavy (non-hydrogen) atoms. The van der Waals surface area contributed by atoms with Crippen molar-refractivity contribution < 1.29 is 0 Å². The molecule has 2 rings (SSSR count). The van der Waals surface area contributed by atoms with Gasteiger partial charge < -0.3 is 15.5 Å². The largest absolute Gasteiger partial charge is 0.356 e. The van der Waals surface area contributed by atoms with E-state index < -0.39 is 0 Å². The van der Waals surface area contributed by atoms with Crippen LogP contribution in [0.5, 0.6) is 0 Å². The molecule has 0 bridgehead atoms. The van der Waals surface area contributed by atoms with E-state index in [1.165, 1.54) is 71.0 Å². The Labute approximate surface area is 166 Å². The van der Waals surface area contributed by atoms with Crippen LogP contribution in [0.3, 0.4) is 0 Å². The zero-order valence-electron chi connectivity index (χ0n) is 16.0. The van der Waals surface area contributed by atoms with Crippen LogP contribution < -0.4 is 10.6 Å². The Hall–Kier alpha value is -0.0400. The van der Waals surface area contributed by atoms with Crippen LogP contribution in [0.25, 0.3) is 0 Å². The molecule has 2 N–H and O–H groups in total. The minimum absolute atomic E-state index is 0. The molecule has 1 aliphatic heterocycles. The molecule has 5 heteroatoms. The number of hydrogen-bond acceptors (Lipinski definition) is 2. The first kappa shape index (κ1) is 22.0. The number of piperidine rings is 1. The third kappa shape index (κ3) is 7.46. The van der Waals surface area contributed by atoms with Gasteiger partial charge in [-0.15, -0.1) is 24.0 Å². The normalized spacial score (nSPS) is 26.7. The fraction of sp³-hybridized carbons (Fsp3) is 0.947. The van der Waals surface area contributed by atoms with Crippen LogP contribution in [-0.4, -0.2) is 50.1 Å². The highest BCUT2D eigenvalue weighted by atomic mass is 127. The number of likely N-dealkylation sites (tertiary alicyclic amines) is 1. The maximum Gasteiger partial charge on any atom is 0.191 e. The molecule has 1 saturated heterocycles. The Balaban J connectivity index is 0.00000288. The molecule has 0 atom stereocenters. The molecular formula is C19H39IN4. The number of hydrogen-bond donors (Lipinski definition) is 2. The number of nitrogens with one attached hydrogen (secondary N) is 2. The van der Waals surface area contributed by atoms with E-state index >= 15 is 0 Å². The molecule has 2 aliphatic rings. The molecule has 0 aromatic rings. The van der Waals surface area contributed by atoms with E-state index in [1.54, 1.807) is 0 Å². The second-order valence-electron chi connectivity index (χ2n) is 7.44. The number of rotatable bonds is 6. The Morgan fingerprint density at radius 3 is 2.21 bits per heavy atom. The van der Waals surface area contributed by atoms with Crippen molar-refractivity contribution in [2.24, 2.45) is 16.8 Å². The third-order valence-electron chi connectivity index (χ3n) is 5.99. The molecule has 1 heterocycles. The smallest absolute Gasteiger partial charge is 0.191 e. The standard InChI is InChI=1S/C19H38N4.HI/c1-4-16-6-8-18(9-7-16)22-19(20-3)21-13-10-17-11-14-23(5-2)15-12-17;/h16-18H,4-15H2,1-3H3,(H2,20,21,22);1H. The number of halogens is 1. The summed E-state index contributed by atoms with van der Waals surface area (Å²) < 4.78 is 0. The van der Waals surface area contributed by atoms with Crippen LogP contribution in [0.1, 0.15) is 65.2 Å². The first-order valence-corrected chi connectivity index (χ1v) is 9.94. The molecule has 142 valence electrons. The highest BCUT2D eigenvalue weighted by molar-refractivity contribution is 14.0. The van der Waals surface area contributed by atoms with Gasteiger partial charge in [-0.2, -0.15) is 0 Å². The van der Waals surface area contributed by atoms with E-state index in [0.29, 0.717) is 6.04 Å². The van der Waals surface area contributed by atoms with Crippen molar-refractivity contribution in [3.05, 3.63) is 0 Å². The third-order valence-corrected chi connectivity index (χ3v) is 5.99. The highest BCUT2D eigenvalue weighted by Gasteiger charge is 2.21. The fourth-order valence-corrected chi connectivity index (χ4v) is 4.09. The predicted molar refractivity (Wildman–Crippen MR) is 115 cm³/mol. The van der Waals surface area contributed by atoms with Gasteiger partial charge in [-0.25, -0.2) is 0 Å². The van der Waals surface area contributed by atoms with Gasteiger partial charge >= 0.3 is 0 Å². The summed E-state index contributed by atoms with van der Waals surface area (Å²) in [5.41, 5.74) is 0. The van der Waals surface area contributed by atoms with E-state index in [4.69, 9.17) is 0 Å². The van der Waals surface area contributed by atoms with Crippen molar-refractivity contribution in [1.29, 1.82) is 0 Å². The molecule has 0 radical (unpaired) electrons. The minimum Gasteiger partial charge on any atom is -0.356 e. The van der Waals surface area contributed by atoms with Crippen molar-refractivity contribution in [3.63, 3.8) is 0 Å². The molecule has 1 aliphatic carbocycles. The van der Waals surface area contributed by atoms with Crippen LogP contribution >= 0.6 is 24.0 Å². The van der Waals surface area contributed by atoms with E-state index in [9.17, 15) is 0 Å². The van der Waals surface area contributed by atoms with Gasteiger partial charge in [0.05, 0.1) is 0 Å². The van der Waals surface area contributed by atoms with Crippen molar-refractivity contribution in [3.8, 4) is 0 Å². The highest BCUT2D eigenvalue weighted by Crippen LogP contribution is 2.26. The summed E-state index contributed by atoms with van der Waals surface area (Å²) in [5.74, 6) is 2.86. The lowest BCUT2D eigenvalue weighted by molar-refractivity contribution is 0.187. The summed E-state index contributed by atoms with van der Waals surface area (Å²) in [7, 11) is 1.90. The summed E-state index contributed by atoms with van der Waals surface area (Å²) in [6.45, 7) is 9.43. The van der Waals surface area contributed by atoms with Crippen LogP contribution in [0.4, 0.5) is 0 Å². The van der Waals surface area contributed by atoms with Gasteiger partial charge in [-0.1, -0.05) is 20.3 Å². The van der Waals surface area contributed by atoms with E-state index in [-0.39, 0.29) is 24.0 Å². The van der Waals surface area contributed by atoms with Gasteiger partial charge in [0.25, 0.3) is 0 Å². The molecule has 0 amide bonds. The van der Waals surface area contributed by atoms with Gasteiger partial charge in [0.2, 0.25) is 0 Å². The molecule has 2 fully saturated rings. The lowest BCUT2D eigenvalue weighted by Gasteiger charge is -2.31. The van der Waals surface area contributed by atoms with Crippen molar-refractivity contribution in [1.82, 2.24) is 15.5 Å². The first-order valence-electron chi connectivity index (χ1n) is 9.94. The fourth-order valence-electron chi connectivity index (χ4n) is 4.09. The second kappa shape index (κ2) is 12.3. The molecule has 0 spiro atoms. The van der Waals surface area contributed by atoms with Crippen LogP contribution in [0, 0.1) is 11.8 Å². The number of guanidine groups is 1. The molecule has 0 unspecified atom stereocenters. The summed E-state index contributed by atoms with van der Waals surface area (Å²) in [6.07, 6.45) is 10.7. The summed E-state index contributed by atoms with van der Waals surface area (Å²) in [6, 6.07) is 0.622. The van der Waals surface area contributed by atoms with E-state index in [2.05, 4.69) is 34.4 Å². The average molecular weight is 450 g/mol. The summed E-state index contributed by atoms with van der Waals surface area (Å²) in [4.78, 5) is 6.98. The Morgan fingerprint density at radius 2 is 1.67 bits per heavy atom. The van der Waals surface area contributed by atoms with Crippen LogP contribution in [0.15, 0.2) is 4.99 Å². The molecular weight excluding hydrogens is 411 g/mol. The maximum atomic E-state index is 4.42. The zero-order valence-corrected chi connectivity index (χ0v) is 18.4. The Bertz CT molecular complexity index is 345. The summed E-state index contributed by atoms with van der Waals surface area (Å²) >= 11 is 0. The first-order chi connectivity index (χ1) is 11.2. The Kier molecular flexibility index (Phi) is 11.3. The SMILES string of the molecule is CCC1CCC(NC(=NC)NCCC2CCN(CC)CC2)CC1.I. The average Bonchev–Trinajstić information content (AvgIpc) is 2.62. The quantitative estimate of drug-likeness (QED) is 0.367. The maximum absolute atomic E-state index is 4.42. The van der Waals surface area contributed by atoms with E-state index in [0.717, 1.165) is 24.3 Å². The zero-order chi connectivity index (χ0) is 16.5. The second-order valence-corrected chi connectivity index (χ2v) is 7.44. The molecule has 1 saturated carbocycles. The van der Waals surface area contributed by atoms with Crippen LogP contribution in [0.2, 0.25) is 0 Å². The molecule has 0 aromatic heterocycles. The number of nitrogens with zero attached hydrogens (tertiary/aromatic N) is 2. The predicted octanol–water partition coefficient (Wildman–Crippen LogP) is 3.86. The summed E-state index contributed by atoms with van der Waals surface area (Å²) in [5, 5.41) is 7.17. The van der Waals surface area contributed by atoms with Crippen molar-refractivity contribution in [2.45, 2.75) is 71.3 Å². The monoisotopic (exact) mass is 450 g/mol. The molecule has 4 nitrogen and oxygen atoms in total. The van der Waals surface area contributed by atoms with Gasteiger partial charge in [0.1, 0.15) is 0 Å². The Morgan fingerprint density at radius 1 is 1.00 bits per heavy atom. The van der Waals surface area contributed by atoms with Crippen molar-refractivity contribution in [2.75, 3.05) is 33.2 Å². The van der Waals surface area contributed by atoms with Gasteiger partial charge in [0.15, 0.2) is 5.96 Å². The topological polar surface area (TPSA) is 39.7 Å². The van der Waals surface area contributed by atoms with Crippen molar-refractivity contribution >= 4 is 29.9 Å². The lowest BCUT2D eigenvalue weighted by atomic mass is 9.84. The lowest BCUT2D eigenvalue weighted by Crippen LogP contribution is -2.45.